The highest BCUT2D eigenvalue weighted by molar-refractivity contribution is 5.94. The first-order valence-electron chi connectivity index (χ1n) is 7.10. The van der Waals surface area contributed by atoms with Crippen molar-refractivity contribution in [3.05, 3.63) is 42.5 Å². The van der Waals surface area contributed by atoms with Crippen molar-refractivity contribution < 1.29 is 14.7 Å². The zero-order chi connectivity index (χ0) is 15.2. The van der Waals surface area contributed by atoms with Gasteiger partial charge in [0.15, 0.2) is 0 Å². The average molecular weight is 288 g/mol. The Bertz CT molecular complexity index is 542. The van der Waals surface area contributed by atoms with Crippen molar-refractivity contribution in [3.8, 4) is 0 Å². The highest BCUT2D eigenvalue weighted by Gasteiger charge is 2.26. The molecule has 0 aromatic heterocycles. The summed E-state index contributed by atoms with van der Waals surface area (Å²) in [6.45, 7) is 4.12. The average Bonchev–Trinajstić information content (AvgIpc) is 2.68. The number of nitrogens with zero attached hydrogens (tertiary/aromatic N) is 2. The fraction of sp³-hybridized carbons (Fsp3) is 0.375. The van der Waals surface area contributed by atoms with Gasteiger partial charge in [-0.1, -0.05) is 24.3 Å². The summed E-state index contributed by atoms with van der Waals surface area (Å²) in [7, 11) is 0. The van der Waals surface area contributed by atoms with E-state index in [9.17, 15) is 9.59 Å². The summed E-state index contributed by atoms with van der Waals surface area (Å²) >= 11 is 0. The van der Waals surface area contributed by atoms with Crippen LogP contribution in [0.25, 0.3) is 0 Å². The molecule has 2 amide bonds. The number of aryl methyl sites for hydroxylation is 1. The van der Waals surface area contributed by atoms with Crippen LogP contribution in [0.3, 0.4) is 0 Å². The number of amides is 2. The molecule has 1 aliphatic rings. The first-order chi connectivity index (χ1) is 10.1. The molecular formula is C16H20N2O3. The van der Waals surface area contributed by atoms with Crippen LogP contribution in [0, 0.1) is 0 Å². The fourth-order valence-corrected chi connectivity index (χ4v) is 2.59. The van der Waals surface area contributed by atoms with Crippen molar-refractivity contribution in [3.63, 3.8) is 0 Å². The number of fused-ring (bicyclic) bond motifs is 1. The summed E-state index contributed by atoms with van der Waals surface area (Å²) in [6.07, 6.45) is 4.43. The number of anilines is 1. The number of para-hydroxylation sites is 1. The number of carboxylic acids is 1. The minimum atomic E-state index is -1.02. The molecule has 0 saturated heterocycles. The van der Waals surface area contributed by atoms with E-state index in [1.807, 2.05) is 24.3 Å². The second-order valence-electron chi connectivity index (χ2n) is 5.08. The number of hydrogen-bond acceptors (Lipinski definition) is 2. The van der Waals surface area contributed by atoms with E-state index in [1.165, 1.54) is 4.90 Å². The Morgan fingerprint density at radius 1 is 1.33 bits per heavy atom. The van der Waals surface area contributed by atoms with Crippen molar-refractivity contribution in [2.45, 2.75) is 19.3 Å². The third kappa shape index (κ3) is 3.62. The standard InChI is InChI=1S/C16H20N2O3/c1-2-10-17(12-15(19)20)16(21)18-11-6-5-8-13-7-3-4-9-14(13)18/h2-4,7,9H,1,5-6,8,10-12H2,(H,19,20). The number of hydrogen-bond donors (Lipinski definition) is 1. The zero-order valence-electron chi connectivity index (χ0n) is 12.0. The number of carbonyl (C=O) groups is 2. The molecule has 21 heavy (non-hydrogen) atoms. The Morgan fingerprint density at radius 2 is 2.10 bits per heavy atom. The van der Waals surface area contributed by atoms with E-state index in [2.05, 4.69) is 6.58 Å². The predicted molar refractivity (Wildman–Crippen MR) is 81.5 cm³/mol. The highest BCUT2D eigenvalue weighted by Crippen LogP contribution is 2.27. The van der Waals surface area contributed by atoms with Gasteiger partial charge in [-0.25, -0.2) is 4.79 Å². The number of carbonyl (C=O) groups excluding carboxylic acids is 1. The number of urea groups is 1. The van der Waals surface area contributed by atoms with Crippen LogP contribution in [0.2, 0.25) is 0 Å². The quantitative estimate of drug-likeness (QED) is 0.866. The van der Waals surface area contributed by atoms with Crippen molar-refractivity contribution in [2.24, 2.45) is 0 Å². The first kappa shape index (κ1) is 15.1. The molecule has 5 nitrogen and oxygen atoms in total. The van der Waals surface area contributed by atoms with E-state index < -0.39 is 5.97 Å². The van der Waals surface area contributed by atoms with E-state index >= 15 is 0 Å². The van der Waals surface area contributed by atoms with Gasteiger partial charge in [-0.2, -0.15) is 0 Å². The zero-order valence-corrected chi connectivity index (χ0v) is 12.0. The van der Waals surface area contributed by atoms with Gasteiger partial charge in [0.1, 0.15) is 6.54 Å². The molecule has 1 N–H and O–H groups in total. The maximum Gasteiger partial charge on any atom is 0.325 e. The van der Waals surface area contributed by atoms with Crippen molar-refractivity contribution in [1.29, 1.82) is 0 Å². The fourth-order valence-electron chi connectivity index (χ4n) is 2.59. The maximum absolute atomic E-state index is 12.7. The predicted octanol–water partition coefficient (Wildman–Crippen LogP) is 2.52. The number of carboxylic acid groups (broad SMARTS) is 1. The molecule has 2 rings (SSSR count). The summed E-state index contributed by atoms with van der Waals surface area (Å²) in [5.41, 5.74) is 2.02. The van der Waals surface area contributed by atoms with Crippen LogP contribution in [-0.4, -0.2) is 41.6 Å². The molecule has 0 saturated carbocycles. The highest BCUT2D eigenvalue weighted by atomic mass is 16.4. The lowest BCUT2D eigenvalue weighted by Crippen LogP contribution is -2.46. The number of aliphatic carboxylic acids is 1. The van der Waals surface area contributed by atoms with Crippen LogP contribution in [0.1, 0.15) is 18.4 Å². The van der Waals surface area contributed by atoms with Gasteiger partial charge < -0.3 is 10.0 Å². The van der Waals surface area contributed by atoms with Gasteiger partial charge >= 0.3 is 12.0 Å². The monoisotopic (exact) mass is 288 g/mol. The third-order valence-corrected chi connectivity index (χ3v) is 3.54. The summed E-state index contributed by atoms with van der Waals surface area (Å²) in [5, 5.41) is 8.96. The molecule has 112 valence electrons. The molecule has 1 aromatic carbocycles. The molecule has 1 aliphatic heterocycles. The molecule has 0 bridgehead atoms. The number of rotatable bonds is 4. The Labute approximate surface area is 124 Å². The minimum absolute atomic E-state index is 0.226. The lowest BCUT2D eigenvalue weighted by atomic mass is 10.1. The lowest BCUT2D eigenvalue weighted by Gasteiger charge is -2.29. The van der Waals surface area contributed by atoms with Crippen LogP contribution in [0.4, 0.5) is 10.5 Å². The number of benzene rings is 1. The van der Waals surface area contributed by atoms with Gasteiger partial charge in [0.2, 0.25) is 0 Å². The van der Waals surface area contributed by atoms with Gasteiger partial charge in [0.25, 0.3) is 0 Å². The van der Waals surface area contributed by atoms with Crippen LogP contribution in [0.5, 0.6) is 0 Å². The Kier molecular flexibility index (Phi) is 4.98. The second-order valence-corrected chi connectivity index (χ2v) is 5.08. The molecule has 1 heterocycles. The van der Waals surface area contributed by atoms with Crippen LogP contribution < -0.4 is 4.90 Å². The van der Waals surface area contributed by atoms with E-state index in [-0.39, 0.29) is 19.1 Å². The van der Waals surface area contributed by atoms with Crippen LogP contribution in [0.15, 0.2) is 36.9 Å². The smallest absolute Gasteiger partial charge is 0.325 e. The lowest BCUT2D eigenvalue weighted by molar-refractivity contribution is -0.137. The third-order valence-electron chi connectivity index (χ3n) is 3.54. The van der Waals surface area contributed by atoms with E-state index in [4.69, 9.17) is 5.11 Å². The summed E-state index contributed by atoms with van der Waals surface area (Å²) in [4.78, 5) is 26.6. The van der Waals surface area contributed by atoms with Crippen molar-refractivity contribution in [2.75, 3.05) is 24.5 Å². The van der Waals surface area contributed by atoms with Gasteiger partial charge in [0.05, 0.1) is 0 Å². The molecule has 0 aliphatic carbocycles. The molecular weight excluding hydrogens is 268 g/mol. The van der Waals surface area contributed by atoms with Gasteiger partial charge in [0, 0.05) is 18.8 Å². The van der Waals surface area contributed by atoms with Crippen LogP contribution >= 0.6 is 0 Å². The molecule has 0 fully saturated rings. The topological polar surface area (TPSA) is 60.9 Å². The Balaban J connectivity index is 2.28. The normalized spacial score (nSPS) is 14.0. The molecule has 5 heteroatoms. The van der Waals surface area contributed by atoms with Gasteiger partial charge in [-0.05, 0) is 30.9 Å². The molecule has 0 unspecified atom stereocenters. The second kappa shape index (κ2) is 6.92. The summed E-state index contributed by atoms with van der Waals surface area (Å²) in [5.74, 6) is -1.02. The van der Waals surface area contributed by atoms with E-state index in [0.29, 0.717) is 6.54 Å². The van der Waals surface area contributed by atoms with Crippen molar-refractivity contribution in [1.82, 2.24) is 4.90 Å². The SMILES string of the molecule is C=CCN(CC(=O)O)C(=O)N1CCCCc2ccccc21. The maximum atomic E-state index is 12.7. The Hall–Kier alpha value is -2.30. The summed E-state index contributed by atoms with van der Waals surface area (Å²) < 4.78 is 0. The minimum Gasteiger partial charge on any atom is -0.480 e. The molecule has 1 aromatic rings. The van der Waals surface area contributed by atoms with E-state index in [0.717, 1.165) is 30.5 Å². The Morgan fingerprint density at radius 3 is 2.81 bits per heavy atom. The summed E-state index contributed by atoms with van der Waals surface area (Å²) in [6, 6.07) is 7.54. The van der Waals surface area contributed by atoms with Crippen molar-refractivity contribution >= 4 is 17.7 Å². The largest absolute Gasteiger partial charge is 0.480 e. The van der Waals surface area contributed by atoms with Gasteiger partial charge in [-0.15, -0.1) is 6.58 Å². The molecule has 0 atom stereocenters. The molecule has 0 spiro atoms. The van der Waals surface area contributed by atoms with Crippen LogP contribution in [-0.2, 0) is 11.2 Å². The first-order valence-corrected chi connectivity index (χ1v) is 7.10. The van der Waals surface area contributed by atoms with Gasteiger partial charge in [-0.3, -0.25) is 9.69 Å². The van der Waals surface area contributed by atoms with E-state index in [1.54, 1.807) is 11.0 Å². The molecule has 0 radical (unpaired) electrons.